The van der Waals surface area contributed by atoms with Crippen molar-refractivity contribution in [3.05, 3.63) is 35.4 Å². The summed E-state index contributed by atoms with van der Waals surface area (Å²) >= 11 is 0. The first-order chi connectivity index (χ1) is 10.8. The van der Waals surface area contributed by atoms with Crippen LogP contribution in [0.25, 0.3) is 0 Å². The minimum absolute atomic E-state index is 0.0324. The first kappa shape index (κ1) is 15.5. The summed E-state index contributed by atoms with van der Waals surface area (Å²) in [6.07, 6.45) is 5.91. The number of nitrogens with one attached hydrogen (secondary N) is 2. The van der Waals surface area contributed by atoms with E-state index in [0.29, 0.717) is 12.0 Å². The highest BCUT2D eigenvalue weighted by molar-refractivity contribution is 5.94. The Morgan fingerprint density at radius 2 is 2.09 bits per heavy atom. The largest absolute Gasteiger partial charge is 0.381 e. The number of carbonyl (C=O) groups is 1. The molecule has 2 aliphatic heterocycles. The lowest BCUT2D eigenvalue weighted by Crippen LogP contribution is -2.37. The molecular weight excluding hydrogens is 276 g/mol. The Bertz CT molecular complexity index is 474. The van der Waals surface area contributed by atoms with Gasteiger partial charge >= 0.3 is 0 Å². The summed E-state index contributed by atoms with van der Waals surface area (Å²) in [6, 6.07) is 8.57. The second-order valence-corrected chi connectivity index (χ2v) is 6.37. The molecule has 0 spiro atoms. The zero-order valence-corrected chi connectivity index (χ0v) is 13.1. The smallest absolute Gasteiger partial charge is 0.251 e. The fraction of sp³-hybridized carbons (Fsp3) is 0.611. The average molecular weight is 302 g/mol. The van der Waals surface area contributed by atoms with Gasteiger partial charge in [-0.2, -0.15) is 0 Å². The molecule has 2 saturated heterocycles. The number of carbonyl (C=O) groups excluding carboxylic acids is 1. The topological polar surface area (TPSA) is 50.4 Å². The predicted octanol–water partition coefficient (Wildman–Crippen LogP) is 2.45. The van der Waals surface area contributed by atoms with Crippen LogP contribution in [0.15, 0.2) is 24.3 Å². The minimum atomic E-state index is 0.0324. The number of piperidine rings is 1. The maximum Gasteiger partial charge on any atom is 0.251 e. The average Bonchev–Trinajstić information content (AvgIpc) is 3.10. The Morgan fingerprint density at radius 3 is 2.77 bits per heavy atom. The van der Waals surface area contributed by atoms with Gasteiger partial charge in [-0.15, -0.1) is 0 Å². The van der Waals surface area contributed by atoms with Crippen molar-refractivity contribution in [3.8, 4) is 0 Å². The fourth-order valence-electron chi connectivity index (χ4n) is 3.34. The molecule has 120 valence electrons. The van der Waals surface area contributed by atoms with Gasteiger partial charge in [0, 0.05) is 30.7 Å². The first-order valence-corrected chi connectivity index (χ1v) is 8.52. The van der Waals surface area contributed by atoms with Crippen molar-refractivity contribution in [1.82, 2.24) is 10.6 Å². The van der Waals surface area contributed by atoms with E-state index in [1.165, 1.54) is 24.8 Å². The van der Waals surface area contributed by atoms with E-state index in [0.717, 1.165) is 44.7 Å². The quantitative estimate of drug-likeness (QED) is 0.878. The molecule has 2 N–H and O–H groups in total. The van der Waals surface area contributed by atoms with Gasteiger partial charge in [-0.05, 0) is 49.9 Å². The molecule has 0 aliphatic carbocycles. The fourth-order valence-corrected chi connectivity index (χ4v) is 3.34. The summed E-state index contributed by atoms with van der Waals surface area (Å²) in [7, 11) is 0. The molecule has 22 heavy (non-hydrogen) atoms. The van der Waals surface area contributed by atoms with Crippen molar-refractivity contribution in [2.24, 2.45) is 0 Å². The first-order valence-electron chi connectivity index (χ1n) is 8.52. The van der Waals surface area contributed by atoms with Crippen LogP contribution in [-0.4, -0.2) is 38.3 Å². The van der Waals surface area contributed by atoms with Crippen molar-refractivity contribution < 1.29 is 9.53 Å². The summed E-state index contributed by atoms with van der Waals surface area (Å²) in [4.78, 5) is 12.2. The van der Waals surface area contributed by atoms with Crippen molar-refractivity contribution in [2.45, 2.75) is 44.1 Å². The van der Waals surface area contributed by atoms with Crippen LogP contribution in [0.3, 0.4) is 0 Å². The van der Waals surface area contributed by atoms with Gasteiger partial charge in [0.2, 0.25) is 0 Å². The summed E-state index contributed by atoms with van der Waals surface area (Å²) in [5.74, 6) is 0.527. The molecule has 1 aromatic carbocycles. The molecule has 2 unspecified atom stereocenters. The SMILES string of the molecule is O=C(NCCC1CCCCN1)c1ccc(C2CCOC2)cc1. The van der Waals surface area contributed by atoms with Crippen LogP contribution in [0, 0.1) is 0 Å². The maximum atomic E-state index is 12.2. The lowest BCUT2D eigenvalue weighted by atomic mass is 9.97. The van der Waals surface area contributed by atoms with Crippen molar-refractivity contribution in [2.75, 3.05) is 26.3 Å². The van der Waals surface area contributed by atoms with Crippen LogP contribution in [0.1, 0.15) is 53.9 Å². The molecule has 2 fully saturated rings. The van der Waals surface area contributed by atoms with Crippen LogP contribution in [0.2, 0.25) is 0 Å². The number of benzene rings is 1. The Morgan fingerprint density at radius 1 is 1.23 bits per heavy atom. The highest BCUT2D eigenvalue weighted by Gasteiger charge is 2.18. The van der Waals surface area contributed by atoms with Crippen LogP contribution in [0.5, 0.6) is 0 Å². The molecule has 4 heteroatoms. The van der Waals surface area contributed by atoms with Crippen LogP contribution < -0.4 is 10.6 Å². The summed E-state index contributed by atoms with van der Waals surface area (Å²) in [6.45, 7) is 3.52. The third-order valence-electron chi connectivity index (χ3n) is 4.76. The molecule has 0 saturated carbocycles. The molecule has 3 rings (SSSR count). The lowest BCUT2D eigenvalue weighted by Gasteiger charge is -2.23. The number of hydrogen-bond acceptors (Lipinski definition) is 3. The summed E-state index contributed by atoms with van der Waals surface area (Å²) in [5, 5.41) is 6.54. The van der Waals surface area contributed by atoms with Crippen LogP contribution >= 0.6 is 0 Å². The Kier molecular flexibility index (Phi) is 5.46. The second-order valence-electron chi connectivity index (χ2n) is 6.37. The van der Waals surface area contributed by atoms with Gasteiger partial charge in [0.1, 0.15) is 0 Å². The van der Waals surface area contributed by atoms with E-state index >= 15 is 0 Å². The van der Waals surface area contributed by atoms with Crippen LogP contribution in [0.4, 0.5) is 0 Å². The lowest BCUT2D eigenvalue weighted by molar-refractivity contribution is 0.0951. The monoisotopic (exact) mass is 302 g/mol. The summed E-state index contributed by atoms with van der Waals surface area (Å²) in [5.41, 5.74) is 2.03. The molecule has 1 aromatic rings. The number of hydrogen-bond donors (Lipinski definition) is 2. The molecule has 2 atom stereocenters. The predicted molar refractivity (Wildman–Crippen MR) is 87.2 cm³/mol. The van der Waals surface area contributed by atoms with Gasteiger partial charge in [-0.1, -0.05) is 18.6 Å². The zero-order valence-electron chi connectivity index (χ0n) is 13.1. The number of ether oxygens (including phenoxy) is 1. The normalized spacial score (nSPS) is 25.1. The molecule has 2 aliphatic rings. The zero-order chi connectivity index (χ0) is 15.2. The van der Waals surface area contributed by atoms with Crippen molar-refractivity contribution in [3.63, 3.8) is 0 Å². The molecule has 0 aromatic heterocycles. The molecule has 4 nitrogen and oxygen atoms in total. The van der Waals surface area contributed by atoms with E-state index in [9.17, 15) is 4.79 Å². The van der Waals surface area contributed by atoms with E-state index < -0.39 is 0 Å². The van der Waals surface area contributed by atoms with Gasteiger partial charge in [0.25, 0.3) is 5.91 Å². The molecule has 0 bridgehead atoms. The van der Waals surface area contributed by atoms with Crippen LogP contribution in [-0.2, 0) is 4.74 Å². The molecule has 0 radical (unpaired) electrons. The van der Waals surface area contributed by atoms with E-state index in [4.69, 9.17) is 4.74 Å². The van der Waals surface area contributed by atoms with E-state index in [2.05, 4.69) is 22.8 Å². The second kappa shape index (κ2) is 7.75. The minimum Gasteiger partial charge on any atom is -0.381 e. The van der Waals surface area contributed by atoms with Gasteiger partial charge in [0.15, 0.2) is 0 Å². The third-order valence-corrected chi connectivity index (χ3v) is 4.76. The maximum absolute atomic E-state index is 12.2. The van der Waals surface area contributed by atoms with E-state index in [1.807, 2.05) is 12.1 Å². The number of rotatable bonds is 5. The van der Waals surface area contributed by atoms with E-state index in [1.54, 1.807) is 0 Å². The number of amides is 1. The summed E-state index contributed by atoms with van der Waals surface area (Å²) < 4.78 is 5.41. The molecule has 1 amide bonds. The Hall–Kier alpha value is -1.39. The molecule has 2 heterocycles. The van der Waals surface area contributed by atoms with Gasteiger partial charge < -0.3 is 15.4 Å². The van der Waals surface area contributed by atoms with Crippen molar-refractivity contribution >= 4 is 5.91 Å². The van der Waals surface area contributed by atoms with E-state index in [-0.39, 0.29) is 5.91 Å². The highest BCUT2D eigenvalue weighted by Crippen LogP contribution is 2.25. The van der Waals surface area contributed by atoms with Crippen molar-refractivity contribution in [1.29, 1.82) is 0 Å². The third kappa shape index (κ3) is 4.08. The van der Waals surface area contributed by atoms with Gasteiger partial charge in [-0.25, -0.2) is 0 Å². The highest BCUT2D eigenvalue weighted by atomic mass is 16.5. The Balaban J connectivity index is 1.45. The van der Waals surface area contributed by atoms with Gasteiger partial charge in [-0.3, -0.25) is 4.79 Å². The Labute approximate surface area is 132 Å². The standard InChI is InChI=1S/C18H26N2O2/c21-18(20-11-8-17-3-1-2-10-19-17)15-6-4-14(5-7-15)16-9-12-22-13-16/h4-7,16-17,19H,1-3,8-13H2,(H,20,21). The van der Waals surface area contributed by atoms with Gasteiger partial charge in [0.05, 0.1) is 6.61 Å². The molecular formula is C18H26N2O2.